The van der Waals surface area contributed by atoms with Gasteiger partial charge in [-0.25, -0.2) is 12.8 Å². The number of aliphatic imine (C=N–C) groups is 1. The minimum atomic E-state index is -3.24. The van der Waals surface area contributed by atoms with Crippen molar-refractivity contribution in [3.05, 3.63) is 29.6 Å². The van der Waals surface area contributed by atoms with E-state index in [9.17, 15) is 12.8 Å². The van der Waals surface area contributed by atoms with Gasteiger partial charge in [-0.15, -0.1) is 24.0 Å². The predicted octanol–water partition coefficient (Wildman–Crippen LogP) is 3.67. The summed E-state index contributed by atoms with van der Waals surface area (Å²) in [5.41, 5.74) is 0.754. The Morgan fingerprint density at radius 1 is 1.38 bits per heavy atom. The Balaban J connectivity index is 0.00000420. The summed E-state index contributed by atoms with van der Waals surface area (Å²) in [6, 6.07) is 4.73. The molecular formula is C20H33FIN3O3S. The van der Waals surface area contributed by atoms with Gasteiger partial charge in [-0.05, 0) is 64.2 Å². The molecule has 0 aliphatic heterocycles. The maximum Gasteiger partial charge on any atom is 0.191 e. The molecule has 2 N–H and O–H groups in total. The molecule has 2 rings (SSSR count). The van der Waals surface area contributed by atoms with E-state index in [0.717, 1.165) is 18.4 Å². The normalized spacial score (nSPS) is 16.0. The van der Waals surface area contributed by atoms with Crippen LogP contribution in [0.1, 0.15) is 52.1 Å². The van der Waals surface area contributed by atoms with Crippen LogP contribution in [-0.2, 0) is 9.84 Å². The molecule has 1 aliphatic rings. The third kappa shape index (κ3) is 7.92. The summed E-state index contributed by atoms with van der Waals surface area (Å²) in [7, 11) is -3.24. The first kappa shape index (κ1) is 25.9. The summed E-state index contributed by atoms with van der Waals surface area (Å²) in [4.78, 5) is 4.41. The molecule has 1 aliphatic carbocycles. The number of ether oxygens (including phenoxy) is 1. The second-order valence-corrected chi connectivity index (χ2v) is 10.7. The molecule has 0 spiro atoms. The molecule has 1 aromatic carbocycles. The average molecular weight is 541 g/mol. The SMILES string of the molecule is CCNC(=NCC(C)(C)S(C)(=O)=O)NC(C)c1ccc(OCC2CC2)c(F)c1.I. The van der Waals surface area contributed by atoms with Crippen molar-refractivity contribution >= 4 is 39.8 Å². The van der Waals surface area contributed by atoms with Crippen molar-refractivity contribution in [2.75, 3.05) is 26.0 Å². The summed E-state index contributed by atoms with van der Waals surface area (Å²) in [6.07, 6.45) is 3.52. The van der Waals surface area contributed by atoms with Crippen LogP contribution in [0.3, 0.4) is 0 Å². The van der Waals surface area contributed by atoms with Crippen LogP contribution >= 0.6 is 24.0 Å². The molecule has 9 heteroatoms. The fourth-order valence-corrected chi connectivity index (χ4v) is 2.69. The molecular weight excluding hydrogens is 508 g/mol. The highest BCUT2D eigenvalue weighted by Gasteiger charge is 2.30. The van der Waals surface area contributed by atoms with Crippen molar-refractivity contribution in [1.82, 2.24) is 10.6 Å². The number of hydrogen-bond acceptors (Lipinski definition) is 4. The second kappa shape index (κ2) is 10.8. The lowest BCUT2D eigenvalue weighted by Crippen LogP contribution is -2.41. The zero-order valence-corrected chi connectivity index (χ0v) is 20.9. The summed E-state index contributed by atoms with van der Waals surface area (Å²) in [5, 5.41) is 6.30. The summed E-state index contributed by atoms with van der Waals surface area (Å²) in [6.45, 7) is 8.43. The molecule has 0 saturated heterocycles. The molecule has 0 bridgehead atoms. The van der Waals surface area contributed by atoms with Gasteiger partial charge in [0.25, 0.3) is 0 Å². The fourth-order valence-electron chi connectivity index (χ4n) is 2.39. The van der Waals surface area contributed by atoms with Crippen LogP contribution in [0.2, 0.25) is 0 Å². The monoisotopic (exact) mass is 541 g/mol. The number of nitrogens with one attached hydrogen (secondary N) is 2. The van der Waals surface area contributed by atoms with Crippen molar-refractivity contribution in [3.8, 4) is 5.75 Å². The van der Waals surface area contributed by atoms with Gasteiger partial charge in [-0.2, -0.15) is 0 Å². The first-order valence-corrected chi connectivity index (χ1v) is 11.6. The largest absolute Gasteiger partial charge is 0.490 e. The molecule has 0 heterocycles. The number of benzene rings is 1. The van der Waals surface area contributed by atoms with E-state index in [4.69, 9.17) is 4.74 Å². The van der Waals surface area contributed by atoms with E-state index < -0.39 is 14.6 Å². The molecule has 166 valence electrons. The van der Waals surface area contributed by atoms with Gasteiger partial charge in [-0.1, -0.05) is 6.07 Å². The number of rotatable bonds is 9. The van der Waals surface area contributed by atoms with Gasteiger partial charge in [0.2, 0.25) is 0 Å². The Bertz CT molecular complexity index is 811. The Morgan fingerprint density at radius 3 is 2.55 bits per heavy atom. The van der Waals surface area contributed by atoms with Crippen molar-refractivity contribution in [3.63, 3.8) is 0 Å². The number of hydrogen-bond donors (Lipinski definition) is 2. The van der Waals surface area contributed by atoms with Gasteiger partial charge in [0.1, 0.15) is 0 Å². The first-order chi connectivity index (χ1) is 13.0. The lowest BCUT2D eigenvalue weighted by atomic mass is 10.1. The van der Waals surface area contributed by atoms with Gasteiger partial charge in [0, 0.05) is 12.8 Å². The molecule has 1 fully saturated rings. The van der Waals surface area contributed by atoms with Crippen LogP contribution in [0.25, 0.3) is 0 Å². The molecule has 0 aromatic heterocycles. The van der Waals surface area contributed by atoms with E-state index in [1.807, 2.05) is 19.9 Å². The molecule has 1 saturated carbocycles. The Morgan fingerprint density at radius 2 is 2.03 bits per heavy atom. The van der Waals surface area contributed by atoms with Gasteiger partial charge >= 0.3 is 0 Å². The van der Waals surface area contributed by atoms with Crippen LogP contribution < -0.4 is 15.4 Å². The number of halogens is 2. The van der Waals surface area contributed by atoms with Gasteiger partial charge in [-0.3, -0.25) is 4.99 Å². The topological polar surface area (TPSA) is 79.8 Å². The van der Waals surface area contributed by atoms with E-state index in [2.05, 4.69) is 15.6 Å². The predicted molar refractivity (Wildman–Crippen MR) is 126 cm³/mol. The molecule has 1 unspecified atom stereocenters. The lowest BCUT2D eigenvalue weighted by Gasteiger charge is -2.23. The molecule has 1 atom stereocenters. The van der Waals surface area contributed by atoms with Crippen molar-refractivity contribution in [2.24, 2.45) is 10.9 Å². The van der Waals surface area contributed by atoms with E-state index >= 15 is 0 Å². The maximum atomic E-state index is 14.3. The van der Waals surface area contributed by atoms with E-state index in [1.165, 1.54) is 12.3 Å². The summed E-state index contributed by atoms with van der Waals surface area (Å²) >= 11 is 0. The van der Waals surface area contributed by atoms with Crippen molar-refractivity contribution in [2.45, 2.75) is 51.3 Å². The minimum Gasteiger partial charge on any atom is -0.490 e. The average Bonchev–Trinajstić information content (AvgIpc) is 3.42. The van der Waals surface area contributed by atoms with Crippen LogP contribution in [0.15, 0.2) is 23.2 Å². The van der Waals surface area contributed by atoms with Crippen molar-refractivity contribution in [1.29, 1.82) is 0 Å². The molecule has 0 radical (unpaired) electrons. The Labute approximate surface area is 191 Å². The van der Waals surface area contributed by atoms with Gasteiger partial charge < -0.3 is 15.4 Å². The highest BCUT2D eigenvalue weighted by atomic mass is 127. The lowest BCUT2D eigenvalue weighted by molar-refractivity contribution is 0.285. The molecule has 0 amide bonds. The highest BCUT2D eigenvalue weighted by molar-refractivity contribution is 14.0. The number of guanidine groups is 1. The van der Waals surface area contributed by atoms with Crippen molar-refractivity contribution < 1.29 is 17.5 Å². The third-order valence-electron chi connectivity index (χ3n) is 4.95. The second-order valence-electron chi connectivity index (χ2n) is 8.04. The zero-order chi connectivity index (χ0) is 20.9. The zero-order valence-electron chi connectivity index (χ0n) is 17.8. The number of nitrogens with zero attached hydrogens (tertiary/aromatic N) is 1. The molecule has 6 nitrogen and oxygen atoms in total. The summed E-state index contributed by atoms with van der Waals surface area (Å²) < 4.78 is 42.6. The minimum absolute atomic E-state index is 0. The van der Waals surface area contributed by atoms with Crippen LogP contribution in [0.5, 0.6) is 5.75 Å². The first-order valence-electron chi connectivity index (χ1n) is 9.70. The maximum absolute atomic E-state index is 14.3. The highest BCUT2D eigenvalue weighted by Crippen LogP contribution is 2.30. The van der Waals surface area contributed by atoms with Crippen LogP contribution in [0.4, 0.5) is 4.39 Å². The van der Waals surface area contributed by atoms with Crippen LogP contribution in [0, 0.1) is 11.7 Å². The standard InChI is InChI=1S/C20H32FN3O3S.HI/c1-6-22-19(23-13-20(3,4)28(5,25)26)24-14(2)16-9-10-18(17(21)11-16)27-12-15-7-8-15;/h9-11,14-15H,6-8,12-13H2,1-5H3,(H2,22,23,24);1H. The molecule has 29 heavy (non-hydrogen) atoms. The summed E-state index contributed by atoms with van der Waals surface area (Å²) in [5.74, 6) is 0.946. The Kier molecular flexibility index (Phi) is 9.65. The molecule has 1 aromatic rings. The third-order valence-corrected chi connectivity index (χ3v) is 7.08. The fraction of sp³-hybridized carbons (Fsp3) is 0.650. The quantitative estimate of drug-likeness (QED) is 0.284. The Hall–Kier alpha value is -1.10. The van der Waals surface area contributed by atoms with Gasteiger partial charge in [0.05, 0.1) is 23.9 Å². The number of sulfone groups is 1. The van der Waals surface area contributed by atoms with Crippen LogP contribution in [-0.4, -0.2) is 45.1 Å². The van der Waals surface area contributed by atoms with E-state index in [-0.39, 0.29) is 48.1 Å². The van der Waals surface area contributed by atoms with E-state index in [1.54, 1.807) is 19.9 Å². The van der Waals surface area contributed by atoms with E-state index in [0.29, 0.717) is 25.0 Å². The smallest absolute Gasteiger partial charge is 0.191 e. The van der Waals surface area contributed by atoms with Gasteiger partial charge in [0.15, 0.2) is 27.4 Å².